The molecule has 0 bridgehead atoms. The first-order valence-electron chi connectivity index (χ1n) is 6.33. The number of primary sulfonamides is 1. The van der Waals surface area contributed by atoms with Crippen LogP contribution < -0.4 is 21.1 Å². The molecule has 0 aliphatic carbocycles. The zero-order valence-electron chi connectivity index (χ0n) is 11.6. The highest BCUT2D eigenvalue weighted by molar-refractivity contribution is 7.89. The van der Waals surface area contributed by atoms with Crippen molar-refractivity contribution in [3.63, 3.8) is 0 Å². The van der Waals surface area contributed by atoms with Crippen LogP contribution in [0.5, 0.6) is 0 Å². The lowest BCUT2D eigenvalue weighted by atomic mass is 10.2. The maximum atomic E-state index is 11.4. The molecule has 1 aromatic rings. The predicted molar refractivity (Wildman–Crippen MR) is 78.4 cm³/mol. The molecule has 1 atom stereocenters. The molecule has 1 aliphatic heterocycles. The van der Waals surface area contributed by atoms with E-state index in [-0.39, 0.29) is 10.9 Å². The number of hydrogen-bond acceptors (Lipinski definition) is 6. The number of nitrogens with one attached hydrogen (secondary N) is 1. The third kappa shape index (κ3) is 3.56. The fraction of sp³-hybridized carbons (Fsp3) is 0.417. The minimum absolute atomic E-state index is 0.0103. The molecule has 1 heterocycles. The molecule has 0 saturated carbocycles. The summed E-state index contributed by atoms with van der Waals surface area (Å²) >= 11 is 0. The van der Waals surface area contributed by atoms with Crippen molar-refractivity contribution in [2.75, 3.05) is 30.8 Å². The van der Waals surface area contributed by atoms with Crippen LogP contribution in [0.2, 0.25) is 0 Å². The zero-order chi connectivity index (χ0) is 15.6. The number of nitrogens with zero attached hydrogens (tertiary/aromatic N) is 1. The van der Waals surface area contributed by atoms with Crippen LogP contribution in [-0.2, 0) is 14.8 Å². The quantitative estimate of drug-likeness (QED) is 0.666. The normalized spacial score (nSPS) is 18.6. The first-order valence-corrected chi connectivity index (χ1v) is 7.87. The number of carbonyl (C=O) groups is 1. The van der Waals surface area contributed by atoms with E-state index in [9.17, 15) is 13.2 Å². The SMILES string of the molecule is COC(=O)NC1CCN(c2cc(S(N)(=O)=O)ccc2N)C1. The van der Waals surface area contributed by atoms with E-state index in [1.54, 1.807) is 0 Å². The van der Waals surface area contributed by atoms with E-state index in [1.165, 1.54) is 25.3 Å². The summed E-state index contributed by atoms with van der Waals surface area (Å²) in [6.45, 7) is 1.17. The molecule has 5 N–H and O–H groups in total. The lowest BCUT2D eigenvalue weighted by Crippen LogP contribution is -2.37. The van der Waals surface area contributed by atoms with Crippen molar-refractivity contribution in [3.8, 4) is 0 Å². The van der Waals surface area contributed by atoms with Crippen LogP contribution in [0.15, 0.2) is 23.1 Å². The highest BCUT2D eigenvalue weighted by Crippen LogP contribution is 2.29. The Morgan fingerprint density at radius 1 is 1.48 bits per heavy atom. The lowest BCUT2D eigenvalue weighted by molar-refractivity contribution is 0.167. The van der Waals surface area contributed by atoms with Crippen LogP contribution in [0.4, 0.5) is 16.2 Å². The molecule has 1 saturated heterocycles. The number of amides is 1. The Kier molecular flexibility index (Phi) is 4.24. The van der Waals surface area contributed by atoms with Crippen LogP contribution in [0.3, 0.4) is 0 Å². The number of rotatable bonds is 3. The number of ether oxygens (including phenoxy) is 1. The molecule has 0 aromatic heterocycles. The lowest BCUT2D eigenvalue weighted by Gasteiger charge is -2.21. The summed E-state index contributed by atoms with van der Waals surface area (Å²) < 4.78 is 27.4. The molecule has 0 spiro atoms. The van der Waals surface area contributed by atoms with Gasteiger partial charge in [0, 0.05) is 13.1 Å². The second kappa shape index (κ2) is 5.78. The summed E-state index contributed by atoms with van der Waals surface area (Å²) in [5.74, 6) is 0. The third-order valence-electron chi connectivity index (χ3n) is 3.37. The molecule has 1 aliphatic rings. The highest BCUT2D eigenvalue weighted by Gasteiger charge is 2.26. The van der Waals surface area contributed by atoms with Crippen molar-refractivity contribution >= 4 is 27.5 Å². The Bertz CT molecular complexity index is 647. The van der Waals surface area contributed by atoms with Crippen molar-refractivity contribution in [2.45, 2.75) is 17.4 Å². The van der Waals surface area contributed by atoms with Crippen molar-refractivity contribution in [3.05, 3.63) is 18.2 Å². The standard InChI is InChI=1S/C12H18N4O4S/c1-20-12(17)15-8-4-5-16(7-8)11-6-9(21(14,18)19)2-3-10(11)13/h2-3,6,8H,4-5,7,13H2,1H3,(H,15,17)(H2,14,18,19). The number of nitrogens with two attached hydrogens (primary N) is 2. The number of nitrogen functional groups attached to an aromatic ring is 1. The largest absolute Gasteiger partial charge is 0.453 e. The molecule has 116 valence electrons. The number of hydrogen-bond donors (Lipinski definition) is 3. The second-order valence-corrected chi connectivity index (χ2v) is 6.39. The van der Waals surface area contributed by atoms with Crippen LogP contribution in [-0.4, -0.2) is 40.8 Å². The Labute approximate surface area is 123 Å². The van der Waals surface area contributed by atoms with Gasteiger partial charge in [-0.25, -0.2) is 18.4 Å². The maximum Gasteiger partial charge on any atom is 0.407 e. The van der Waals surface area contributed by atoms with Gasteiger partial charge in [-0.05, 0) is 24.6 Å². The van der Waals surface area contributed by atoms with Crippen LogP contribution >= 0.6 is 0 Å². The predicted octanol–water partition coefficient (Wildman–Crippen LogP) is -0.149. The smallest absolute Gasteiger partial charge is 0.407 e. The van der Waals surface area contributed by atoms with Gasteiger partial charge in [0.2, 0.25) is 10.0 Å². The van der Waals surface area contributed by atoms with Gasteiger partial charge in [-0.15, -0.1) is 0 Å². The van der Waals surface area contributed by atoms with Gasteiger partial charge in [-0.2, -0.15) is 0 Å². The monoisotopic (exact) mass is 314 g/mol. The van der Waals surface area contributed by atoms with Crippen molar-refractivity contribution in [1.82, 2.24) is 5.32 Å². The van der Waals surface area contributed by atoms with Crippen LogP contribution in [0.1, 0.15) is 6.42 Å². The topological polar surface area (TPSA) is 128 Å². The van der Waals surface area contributed by atoms with E-state index in [4.69, 9.17) is 10.9 Å². The van der Waals surface area contributed by atoms with Crippen molar-refractivity contribution in [1.29, 1.82) is 0 Å². The van der Waals surface area contributed by atoms with Crippen LogP contribution in [0, 0.1) is 0 Å². The average molecular weight is 314 g/mol. The Hall–Kier alpha value is -2.00. The zero-order valence-corrected chi connectivity index (χ0v) is 12.4. The molecular formula is C12H18N4O4S. The van der Waals surface area contributed by atoms with E-state index in [2.05, 4.69) is 10.1 Å². The van der Waals surface area contributed by atoms with Gasteiger partial charge >= 0.3 is 6.09 Å². The molecule has 0 radical (unpaired) electrons. The Morgan fingerprint density at radius 3 is 2.81 bits per heavy atom. The molecule has 21 heavy (non-hydrogen) atoms. The first-order chi connectivity index (χ1) is 9.81. The summed E-state index contributed by atoms with van der Waals surface area (Å²) in [7, 11) is -2.48. The molecule has 9 heteroatoms. The van der Waals surface area contributed by atoms with Crippen LogP contribution in [0.25, 0.3) is 0 Å². The Balaban J connectivity index is 2.18. The third-order valence-corrected chi connectivity index (χ3v) is 4.28. The minimum Gasteiger partial charge on any atom is -0.453 e. The van der Waals surface area contributed by atoms with Crippen molar-refractivity contribution in [2.24, 2.45) is 5.14 Å². The average Bonchev–Trinajstić information content (AvgIpc) is 2.86. The number of anilines is 2. The molecule has 2 rings (SSSR count). The van der Waals surface area contributed by atoms with Gasteiger partial charge in [0.15, 0.2) is 0 Å². The molecule has 8 nitrogen and oxygen atoms in total. The van der Waals surface area contributed by atoms with E-state index in [0.29, 0.717) is 30.9 Å². The minimum atomic E-state index is -3.78. The number of alkyl carbamates (subject to hydrolysis) is 1. The van der Waals surface area contributed by atoms with Gasteiger partial charge in [-0.3, -0.25) is 0 Å². The van der Waals surface area contributed by atoms with Gasteiger partial charge in [-0.1, -0.05) is 0 Å². The van der Waals surface area contributed by atoms with Crippen molar-refractivity contribution < 1.29 is 17.9 Å². The van der Waals surface area contributed by atoms with Gasteiger partial charge < -0.3 is 20.7 Å². The molecule has 1 amide bonds. The summed E-state index contributed by atoms with van der Waals surface area (Å²) in [6, 6.07) is 4.26. The number of methoxy groups -OCH3 is 1. The van der Waals surface area contributed by atoms with Gasteiger partial charge in [0.25, 0.3) is 0 Å². The number of benzene rings is 1. The fourth-order valence-electron chi connectivity index (χ4n) is 2.30. The van der Waals surface area contributed by atoms with Gasteiger partial charge in [0.05, 0.1) is 29.4 Å². The van der Waals surface area contributed by atoms with E-state index < -0.39 is 16.1 Å². The fourth-order valence-corrected chi connectivity index (χ4v) is 2.83. The molecular weight excluding hydrogens is 296 g/mol. The second-order valence-electron chi connectivity index (χ2n) is 4.83. The Morgan fingerprint density at radius 2 is 2.19 bits per heavy atom. The van der Waals surface area contributed by atoms with E-state index in [1.807, 2.05) is 4.90 Å². The number of sulfonamides is 1. The molecule has 1 unspecified atom stereocenters. The summed E-state index contributed by atoms with van der Waals surface area (Å²) in [4.78, 5) is 13.1. The summed E-state index contributed by atoms with van der Waals surface area (Å²) in [6.07, 6.45) is 0.224. The maximum absolute atomic E-state index is 11.4. The highest BCUT2D eigenvalue weighted by atomic mass is 32.2. The van der Waals surface area contributed by atoms with E-state index >= 15 is 0 Å². The first kappa shape index (κ1) is 15.4. The molecule has 1 fully saturated rings. The summed E-state index contributed by atoms with van der Waals surface area (Å²) in [5, 5.41) is 7.83. The van der Waals surface area contributed by atoms with E-state index in [0.717, 1.165) is 0 Å². The van der Waals surface area contributed by atoms with Gasteiger partial charge in [0.1, 0.15) is 0 Å². The molecule has 1 aromatic carbocycles. The number of carbonyl (C=O) groups excluding carboxylic acids is 1. The summed E-state index contributed by atoms with van der Waals surface area (Å²) in [5.41, 5.74) is 6.95.